The zero-order chi connectivity index (χ0) is 10.1. The van der Waals surface area contributed by atoms with E-state index in [1.807, 2.05) is 13.1 Å². The zero-order valence-corrected chi connectivity index (χ0v) is 9.59. The van der Waals surface area contributed by atoms with Crippen molar-refractivity contribution in [2.24, 2.45) is 0 Å². The van der Waals surface area contributed by atoms with E-state index in [9.17, 15) is 4.39 Å². The van der Waals surface area contributed by atoms with Gasteiger partial charge in [-0.1, -0.05) is 0 Å². The molecule has 0 saturated carbocycles. The van der Waals surface area contributed by atoms with Crippen molar-refractivity contribution < 1.29 is 4.39 Å². The fourth-order valence-corrected chi connectivity index (χ4v) is 2.32. The number of hydrogen-bond acceptors (Lipinski definition) is 2. The van der Waals surface area contributed by atoms with Crippen LogP contribution in [0.2, 0.25) is 0 Å². The lowest BCUT2D eigenvalue weighted by Crippen LogP contribution is -2.18. The highest BCUT2D eigenvalue weighted by Gasteiger charge is 2.25. The summed E-state index contributed by atoms with van der Waals surface area (Å²) in [6.07, 6.45) is 3.65. The first-order valence-electron chi connectivity index (χ1n) is 4.69. The Bertz CT molecular complexity index is 343. The van der Waals surface area contributed by atoms with Crippen LogP contribution in [-0.2, 0) is 0 Å². The highest BCUT2D eigenvalue weighted by molar-refractivity contribution is 9.10. The molecule has 1 atom stereocenters. The van der Waals surface area contributed by atoms with Crippen LogP contribution in [0.1, 0.15) is 24.4 Å². The molecule has 1 unspecified atom stereocenters. The smallest absolute Gasteiger partial charge is 0.217 e. The lowest BCUT2D eigenvalue weighted by atomic mass is 10.1. The largest absolute Gasteiger partial charge is 0.299 e. The monoisotopic (exact) mass is 258 g/mol. The van der Waals surface area contributed by atoms with E-state index in [1.165, 1.54) is 6.20 Å². The molecule has 2 rings (SSSR count). The molecule has 1 aromatic heterocycles. The molecule has 2 heterocycles. The van der Waals surface area contributed by atoms with Crippen molar-refractivity contribution in [3.8, 4) is 0 Å². The average molecular weight is 259 g/mol. The molecule has 0 bridgehead atoms. The third-order valence-corrected chi connectivity index (χ3v) is 3.15. The van der Waals surface area contributed by atoms with Crippen molar-refractivity contribution in [3.63, 3.8) is 0 Å². The Labute approximate surface area is 91.3 Å². The molecule has 76 valence electrons. The summed E-state index contributed by atoms with van der Waals surface area (Å²) in [5, 5.41) is 0. The van der Waals surface area contributed by atoms with Gasteiger partial charge in [-0.3, -0.25) is 4.90 Å². The van der Waals surface area contributed by atoms with Crippen molar-refractivity contribution in [2.75, 3.05) is 13.6 Å². The van der Waals surface area contributed by atoms with Crippen molar-refractivity contribution in [2.45, 2.75) is 18.9 Å². The topological polar surface area (TPSA) is 16.1 Å². The van der Waals surface area contributed by atoms with Crippen LogP contribution in [0, 0.1) is 5.95 Å². The van der Waals surface area contributed by atoms with Crippen LogP contribution < -0.4 is 0 Å². The van der Waals surface area contributed by atoms with E-state index in [1.54, 1.807) is 0 Å². The standard InChI is InChI=1S/C10H12BrFN2/c1-14-4-2-3-9(14)8-5-7(11)6-13-10(8)12/h5-6,9H,2-4H2,1H3. The summed E-state index contributed by atoms with van der Waals surface area (Å²) in [5.41, 5.74) is 0.708. The van der Waals surface area contributed by atoms with Gasteiger partial charge in [0.2, 0.25) is 5.95 Å². The zero-order valence-electron chi connectivity index (χ0n) is 8.00. The molecule has 1 aliphatic heterocycles. The van der Waals surface area contributed by atoms with Crippen LogP contribution in [0.4, 0.5) is 4.39 Å². The van der Waals surface area contributed by atoms with Gasteiger partial charge >= 0.3 is 0 Å². The van der Waals surface area contributed by atoms with Gasteiger partial charge in [0.05, 0.1) is 0 Å². The Kier molecular flexibility index (Phi) is 2.83. The van der Waals surface area contributed by atoms with Crippen LogP contribution in [0.3, 0.4) is 0 Å². The van der Waals surface area contributed by atoms with Gasteiger partial charge in [-0.25, -0.2) is 4.98 Å². The Morgan fingerprint density at radius 3 is 3.07 bits per heavy atom. The first-order chi connectivity index (χ1) is 6.68. The lowest BCUT2D eigenvalue weighted by molar-refractivity contribution is 0.307. The van der Waals surface area contributed by atoms with Crippen molar-refractivity contribution in [1.82, 2.24) is 9.88 Å². The third kappa shape index (κ3) is 1.81. The van der Waals surface area contributed by atoms with Crippen LogP contribution in [-0.4, -0.2) is 23.5 Å². The molecule has 0 spiro atoms. The van der Waals surface area contributed by atoms with Gasteiger partial charge in [-0.15, -0.1) is 0 Å². The Morgan fingerprint density at radius 2 is 2.43 bits per heavy atom. The molecular weight excluding hydrogens is 247 g/mol. The number of halogens is 2. The minimum absolute atomic E-state index is 0.194. The number of aromatic nitrogens is 1. The van der Waals surface area contributed by atoms with Crippen LogP contribution in [0.5, 0.6) is 0 Å². The van der Waals surface area contributed by atoms with E-state index in [0.717, 1.165) is 23.9 Å². The van der Waals surface area contributed by atoms with Gasteiger partial charge in [0.1, 0.15) is 0 Å². The highest BCUT2D eigenvalue weighted by Crippen LogP contribution is 2.32. The number of nitrogens with zero attached hydrogens (tertiary/aromatic N) is 2. The molecule has 0 aliphatic carbocycles. The number of rotatable bonds is 1. The van der Waals surface area contributed by atoms with Gasteiger partial charge in [0, 0.05) is 22.3 Å². The maximum absolute atomic E-state index is 13.4. The molecule has 1 fully saturated rings. The van der Waals surface area contributed by atoms with Crippen molar-refractivity contribution in [1.29, 1.82) is 0 Å². The van der Waals surface area contributed by atoms with Crippen molar-refractivity contribution in [3.05, 3.63) is 28.2 Å². The predicted octanol–water partition coefficient (Wildman–Crippen LogP) is 2.75. The second-order valence-corrected chi connectivity index (χ2v) is 4.59. The van der Waals surface area contributed by atoms with Gasteiger partial charge in [-0.05, 0) is 48.4 Å². The fraction of sp³-hybridized carbons (Fsp3) is 0.500. The number of pyridine rings is 1. The quantitative estimate of drug-likeness (QED) is 0.721. The maximum Gasteiger partial charge on any atom is 0.217 e. The summed E-state index contributed by atoms with van der Waals surface area (Å²) in [7, 11) is 2.03. The molecule has 0 radical (unpaired) electrons. The van der Waals surface area contributed by atoms with Gasteiger partial charge in [0.15, 0.2) is 0 Å². The first kappa shape index (κ1) is 10.1. The Morgan fingerprint density at radius 1 is 1.64 bits per heavy atom. The summed E-state index contributed by atoms with van der Waals surface area (Å²) in [5.74, 6) is -0.341. The molecule has 14 heavy (non-hydrogen) atoms. The highest BCUT2D eigenvalue weighted by atomic mass is 79.9. The first-order valence-corrected chi connectivity index (χ1v) is 5.49. The van der Waals surface area contributed by atoms with Crippen LogP contribution in [0.15, 0.2) is 16.7 Å². The lowest BCUT2D eigenvalue weighted by Gasteiger charge is -2.19. The number of likely N-dealkylation sites (tertiary alicyclic amines) is 1. The van der Waals surface area contributed by atoms with E-state index in [2.05, 4.69) is 25.8 Å². The summed E-state index contributed by atoms with van der Waals surface area (Å²) in [6.45, 7) is 1.04. The van der Waals surface area contributed by atoms with E-state index in [4.69, 9.17) is 0 Å². The van der Waals surface area contributed by atoms with E-state index in [-0.39, 0.29) is 12.0 Å². The second-order valence-electron chi connectivity index (χ2n) is 3.67. The van der Waals surface area contributed by atoms with Crippen molar-refractivity contribution >= 4 is 15.9 Å². The summed E-state index contributed by atoms with van der Waals surface area (Å²) in [6, 6.07) is 2.02. The SMILES string of the molecule is CN1CCCC1c1cc(Br)cnc1F. The molecule has 1 saturated heterocycles. The molecule has 1 aliphatic rings. The van der Waals surface area contributed by atoms with Crippen LogP contribution in [0.25, 0.3) is 0 Å². The van der Waals surface area contributed by atoms with E-state index in [0.29, 0.717) is 5.56 Å². The summed E-state index contributed by atoms with van der Waals surface area (Å²) < 4.78 is 14.3. The molecule has 0 amide bonds. The van der Waals surface area contributed by atoms with Gasteiger partial charge < -0.3 is 0 Å². The Hall–Kier alpha value is -0.480. The second kappa shape index (κ2) is 3.95. The fourth-order valence-electron chi connectivity index (χ4n) is 1.98. The van der Waals surface area contributed by atoms with Gasteiger partial charge in [-0.2, -0.15) is 4.39 Å². The van der Waals surface area contributed by atoms with Gasteiger partial charge in [0.25, 0.3) is 0 Å². The summed E-state index contributed by atoms with van der Waals surface area (Å²) >= 11 is 3.32. The minimum atomic E-state index is -0.341. The predicted molar refractivity (Wildman–Crippen MR) is 56.5 cm³/mol. The molecule has 0 aromatic carbocycles. The average Bonchev–Trinajstić information content (AvgIpc) is 2.56. The molecule has 4 heteroatoms. The van der Waals surface area contributed by atoms with Crippen LogP contribution >= 0.6 is 15.9 Å². The van der Waals surface area contributed by atoms with E-state index >= 15 is 0 Å². The number of hydrogen-bond donors (Lipinski definition) is 0. The maximum atomic E-state index is 13.4. The minimum Gasteiger partial charge on any atom is -0.299 e. The molecule has 1 aromatic rings. The molecular formula is C10H12BrFN2. The summed E-state index contributed by atoms with van der Waals surface area (Å²) in [4.78, 5) is 5.89. The molecule has 0 N–H and O–H groups in total. The Balaban J connectivity index is 2.34. The molecule has 2 nitrogen and oxygen atoms in total. The third-order valence-electron chi connectivity index (χ3n) is 2.71. The van der Waals surface area contributed by atoms with E-state index < -0.39 is 0 Å². The normalized spacial score (nSPS) is 22.9.